The van der Waals surface area contributed by atoms with E-state index in [1.54, 1.807) is 0 Å². The van der Waals surface area contributed by atoms with Gasteiger partial charge >= 0.3 is 0 Å². The van der Waals surface area contributed by atoms with Gasteiger partial charge in [0.1, 0.15) is 0 Å². The molecule has 0 radical (unpaired) electrons. The van der Waals surface area contributed by atoms with Crippen LogP contribution in [0.15, 0.2) is 18.2 Å². The summed E-state index contributed by atoms with van der Waals surface area (Å²) in [7, 11) is 0. The molecule has 1 N–H and O–H groups in total. The van der Waals surface area contributed by atoms with Gasteiger partial charge in [-0.15, -0.1) is 0 Å². The number of nitrogens with zero attached hydrogens (tertiary/aromatic N) is 1. The molecule has 2 aliphatic rings. The maximum absolute atomic E-state index is 12.5. The Morgan fingerprint density at radius 2 is 2.39 bits per heavy atom. The molecule has 18 heavy (non-hydrogen) atoms. The fourth-order valence-corrected chi connectivity index (χ4v) is 2.62. The van der Waals surface area contributed by atoms with Crippen LogP contribution >= 0.6 is 0 Å². The van der Waals surface area contributed by atoms with Gasteiger partial charge in [-0.05, 0) is 31.0 Å². The smallest absolute Gasteiger partial charge is 0.254 e. The van der Waals surface area contributed by atoms with E-state index < -0.39 is 0 Å². The van der Waals surface area contributed by atoms with Crippen molar-refractivity contribution in [1.29, 1.82) is 0 Å². The molecule has 0 saturated carbocycles. The Hall–Kier alpha value is -1.55. The molecule has 2 aliphatic heterocycles. The van der Waals surface area contributed by atoms with Crippen LogP contribution in [0.3, 0.4) is 0 Å². The summed E-state index contributed by atoms with van der Waals surface area (Å²) in [5.74, 6) is 0.113. The Morgan fingerprint density at radius 3 is 3.22 bits per heavy atom. The van der Waals surface area contributed by atoms with Gasteiger partial charge in [0.15, 0.2) is 0 Å². The third-order valence-electron chi connectivity index (χ3n) is 3.70. The molecule has 4 heteroatoms. The molecule has 3 rings (SSSR count). The van der Waals surface area contributed by atoms with Crippen LogP contribution in [0.4, 0.5) is 5.69 Å². The van der Waals surface area contributed by atoms with E-state index in [1.807, 2.05) is 24.0 Å². The van der Waals surface area contributed by atoms with Gasteiger partial charge in [0.2, 0.25) is 0 Å². The summed E-state index contributed by atoms with van der Waals surface area (Å²) in [4.78, 5) is 14.4. The number of morpholine rings is 1. The average Bonchev–Trinajstić information content (AvgIpc) is 2.85. The molecule has 1 saturated heterocycles. The molecule has 4 nitrogen and oxygen atoms in total. The zero-order valence-electron chi connectivity index (χ0n) is 10.6. The van der Waals surface area contributed by atoms with Gasteiger partial charge in [0.25, 0.3) is 5.91 Å². The number of hydrogen-bond donors (Lipinski definition) is 1. The zero-order chi connectivity index (χ0) is 12.5. The Morgan fingerprint density at radius 1 is 1.50 bits per heavy atom. The maximum atomic E-state index is 12.5. The van der Waals surface area contributed by atoms with Crippen LogP contribution in [0, 0.1) is 0 Å². The molecule has 0 aromatic heterocycles. The van der Waals surface area contributed by atoms with Crippen molar-refractivity contribution in [2.24, 2.45) is 0 Å². The highest BCUT2D eigenvalue weighted by Crippen LogP contribution is 2.24. The van der Waals surface area contributed by atoms with Gasteiger partial charge in [-0.1, -0.05) is 6.07 Å². The van der Waals surface area contributed by atoms with Crippen LogP contribution in [-0.2, 0) is 11.2 Å². The highest BCUT2D eigenvalue weighted by atomic mass is 16.5. The maximum Gasteiger partial charge on any atom is 0.254 e. The number of ether oxygens (including phenoxy) is 1. The Labute approximate surface area is 107 Å². The van der Waals surface area contributed by atoms with E-state index in [9.17, 15) is 4.79 Å². The second kappa shape index (κ2) is 4.61. The molecular formula is C14H18N2O2. The summed E-state index contributed by atoms with van der Waals surface area (Å²) >= 11 is 0. The van der Waals surface area contributed by atoms with Crippen LogP contribution in [0.2, 0.25) is 0 Å². The minimum Gasteiger partial charge on any atom is -0.384 e. The highest BCUT2D eigenvalue weighted by molar-refractivity contribution is 5.95. The van der Waals surface area contributed by atoms with Crippen LogP contribution in [0.5, 0.6) is 0 Å². The average molecular weight is 246 g/mol. The quantitative estimate of drug-likeness (QED) is 0.816. The van der Waals surface area contributed by atoms with Crippen molar-refractivity contribution < 1.29 is 9.53 Å². The first-order valence-electron chi connectivity index (χ1n) is 6.51. The normalized spacial score (nSPS) is 22.5. The highest BCUT2D eigenvalue weighted by Gasteiger charge is 2.25. The lowest BCUT2D eigenvalue weighted by Crippen LogP contribution is -2.47. The van der Waals surface area contributed by atoms with Crippen molar-refractivity contribution in [3.05, 3.63) is 29.3 Å². The number of carbonyl (C=O) groups is 1. The number of amides is 1. The van der Waals surface area contributed by atoms with Gasteiger partial charge < -0.3 is 15.0 Å². The Kier molecular flexibility index (Phi) is 2.96. The van der Waals surface area contributed by atoms with E-state index in [1.165, 1.54) is 5.56 Å². The number of rotatable bonds is 1. The standard InChI is InChI=1S/C14H18N2O2/c1-10-9-18-7-6-16(10)14(17)12-3-2-11-4-5-15-13(11)8-12/h2-3,8,10,15H,4-7,9H2,1H3/t10-/m1/s1. The van der Waals surface area contributed by atoms with Crippen molar-refractivity contribution >= 4 is 11.6 Å². The number of nitrogens with one attached hydrogen (secondary N) is 1. The van der Waals surface area contributed by atoms with Crippen LogP contribution in [0.1, 0.15) is 22.8 Å². The summed E-state index contributed by atoms with van der Waals surface area (Å²) < 4.78 is 5.37. The third-order valence-corrected chi connectivity index (χ3v) is 3.70. The molecule has 0 aliphatic carbocycles. The van der Waals surface area contributed by atoms with Gasteiger partial charge in [0.05, 0.1) is 19.3 Å². The minimum atomic E-state index is 0.113. The van der Waals surface area contributed by atoms with E-state index in [4.69, 9.17) is 4.74 Å². The fourth-order valence-electron chi connectivity index (χ4n) is 2.62. The molecule has 1 aromatic rings. The Bertz CT molecular complexity index is 473. The van der Waals surface area contributed by atoms with Crippen molar-refractivity contribution in [3.63, 3.8) is 0 Å². The van der Waals surface area contributed by atoms with Crippen molar-refractivity contribution in [1.82, 2.24) is 4.90 Å². The first-order valence-corrected chi connectivity index (χ1v) is 6.51. The van der Waals surface area contributed by atoms with Gasteiger partial charge in [-0.3, -0.25) is 4.79 Å². The van der Waals surface area contributed by atoms with E-state index in [0.717, 1.165) is 24.2 Å². The minimum absolute atomic E-state index is 0.113. The largest absolute Gasteiger partial charge is 0.384 e. The zero-order valence-corrected chi connectivity index (χ0v) is 10.6. The number of hydrogen-bond acceptors (Lipinski definition) is 3. The van der Waals surface area contributed by atoms with Crippen LogP contribution < -0.4 is 5.32 Å². The summed E-state index contributed by atoms with van der Waals surface area (Å²) in [6.07, 6.45) is 1.05. The summed E-state index contributed by atoms with van der Waals surface area (Å²) in [5.41, 5.74) is 3.19. The first-order chi connectivity index (χ1) is 8.75. The molecular weight excluding hydrogens is 228 g/mol. The topological polar surface area (TPSA) is 41.6 Å². The molecule has 0 bridgehead atoms. The summed E-state index contributed by atoms with van der Waals surface area (Å²) in [6, 6.07) is 6.14. The van der Waals surface area contributed by atoms with Crippen molar-refractivity contribution in [2.75, 3.05) is 31.6 Å². The molecule has 2 heterocycles. The number of benzene rings is 1. The van der Waals surface area contributed by atoms with E-state index in [2.05, 4.69) is 11.4 Å². The molecule has 1 atom stereocenters. The van der Waals surface area contributed by atoms with E-state index >= 15 is 0 Å². The Balaban J connectivity index is 1.83. The lowest BCUT2D eigenvalue weighted by Gasteiger charge is -2.33. The number of fused-ring (bicyclic) bond motifs is 1. The van der Waals surface area contributed by atoms with Crippen LogP contribution in [0.25, 0.3) is 0 Å². The van der Waals surface area contributed by atoms with Crippen LogP contribution in [-0.4, -0.2) is 43.2 Å². The molecule has 1 fully saturated rings. The predicted molar refractivity (Wildman–Crippen MR) is 70.0 cm³/mol. The predicted octanol–water partition coefficient (Wildman–Crippen LogP) is 1.52. The molecule has 0 unspecified atom stereocenters. The summed E-state index contributed by atoms with van der Waals surface area (Å²) in [6.45, 7) is 4.96. The lowest BCUT2D eigenvalue weighted by molar-refractivity contribution is 0.00360. The second-order valence-electron chi connectivity index (χ2n) is 4.97. The molecule has 1 aromatic carbocycles. The van der Waals surface area contributed by atoms with Crippen molar-refractivity contribution in [3.8, 4) is 0 Å². The SMILES string of the molecule is C[C@@H]1COCCN1C(=O)c1ccc2c(c1)NCC2. The van der Waals surface area contributed by atoms with Gasteiger partial charge in [0, 0.05) is 24.3 Å². The number of anilines is 1. The molecule has 96 valence electrons. The van der Waals surface area contributed by atoms with Gasteiger partial charge in [-0.2, -0.15) is 0 Å². The van der Waals surface area contributed by atoms with E-state index in [-0.39, 0.29) is 11.9 Å². The van der Waals surface area contributed by atoms with Crippen molar-refractivity contribution in [2.45, 2.75) is 19.4 Å². The fraction of sp³-hybridized carbons (Fsp3) is 0.500. The monoisotopic (exact) mass is 246 g/mol. The second-order valence-corrected chi connectivity index (χ2v) is 4.97. The summed E-state index contributed by atoms with van der Waals surface area (Å²) in [5, 5.41) is 3.31. The van der Waals surface area contributed by atoms with Gasteiger partial charge in [-0.25, -0.2) is 0 Å². The third kappa shape index (κ3) is 1.97. The lowest BCUT2D eigenvalue weighted by atomic mass is 10.1. The molecule has 0 spiro atoms. The first kappa shape index (κ1) is 11.5. The number of carbonyl (C=O) groups excluding carboxylic acids is 1. The molecule has 1 amide bonds. The van der Waals surface area contributed by atoms with E-state index in [0.29, 0.717) is 19.8 Å².